The number of rotatable bonds is 4. The molecule has 0 saturated heterocycles. The van der Waals surface area contributed by atoms with E-state index in [2.05, 4.69) is 15.3 Å². The van der Waals surface area contributed by atoms with Crippen molar-refractivity contribution in [3.8, 4) is 11.5 Å². The molecule has 0 aliphatic carbocycles. The number of thioether (sulfide) groups is 1. The molecule has 0 atom stereocenters. The van der Waals surface area contributed by atoms with Gasteiger partial charge in [0.2, 0.25) is 11.0 Å². The smallest absolute Gasteiger partial charge is 0.287 e. The Balaban J connectivity index is 1.80. The normalized spacial score (nSPS) is 13.1. The lowest BCUT2D eigenvalue weighted by molar-refractivity contribution is -0.385. The second kappa shape index (κ2) is 6.56. The van der Waals surface area contributed by atoms with Gasteiger partial charge in [-0.15, -0.1) is 10.2 Å². The van der Waals surface area contributed by atoms with Crippen LogP contribution in [0.4, 0.5) is 11.4 Å². The highest BCUT2D eigenvalue weighted by Crippen LogP contribution is 2.31. The SMILES string of the molecule is Cc1ccc(C2=Nn3c(nnc3-c3cc([N+](=O)[O-])cn3C)SC2)cc1[N+](=O)[O-]. The van der Waals surface area contributed by atoms with Gasteiger partial charge in [0, 0.05) is 36.1 Å². The molecule has 2 aromatic heterocycles. The largest absolute Gasteiger partial charge is 0.342 e. The van der Waals surface area contributed by atoms with Gasteiger partial charge in [-0.2, -0.15) is 9.78 Å². The molecule has 28 heavy (non-hydrogen) atoms. The molecule has 12 heteroatoms. The first-order valence-corrected chi connectivity index (χ1v) is 9.06. The quantitative estimate of drug-likeness (QED) is 0.486. The van der Waals surface area contributed by atoms with Crippen molar-refractivity contribution in [3.05, 3.63) is 61.8 Å². The summed E-state index contributed by atoms with van der Waals surface area (Å²) in [6, 6.07) is 6.37. The van der Waals surface area contributed by atoms with Crippen LogP contribution < -0.4 is 0 Å². The second-order valence-corrected chi connectivity index (χ2v) is 7.11. The lowest BCUT2D eigenvalue weighted by atomic mass is 10.1. The predicted octanol–water partition coefficient (Wildman–Crippen LogP) is 2.77. The Hall–Kier alpha value is -3.54. The zero-order valence-corrected chi connectivity index (χ0v) is 15.6. The lowest BCUT2D eigenvalue weighted by Crippen LogP contribution is -2.14. The summed E-state index contributed by atoms with van der Waals surface area (Å²) in [5, 5.41) is 35.6. The van der Waals surface area contributed by atoms with Crippen molar-refractivity contribution in [2.24, 2.45) is 12.1 Å². The van der Waals surface area contributed by atoms with Crippen LogP contribution in [-0.4, -0.2) is 40.8 Å². The van der Waals surface area contributed by atoms with Crippen molar-refractivity contribution < 1.29 is 9.85 Å². The van der Waals surface area contributed by atoms with Crippen molar-refractivity contribution in [1.82, 2.24) is 19.4 Å². The summed E-state index contributed by atoms with van der Waals surface area (Å²) in [7, 11) is 1.67. The van der Waals surface area contributed by atoms with Crippen LogP contribution in [0, 0.1) is 27.2 Å². The molecule has 0 N–H and O–H groups in total. The third kappa shape index (κ3) is 2.93. The molecule has 1 aliphatic rings. The van der Waals surface area contributed by atoms with E-state index in [0.717, 1.165) is 0 Å². The van der Waals surface area contributed by atoms with Gasteiger partial charge in [-0.3, -0.25) is 20.2 Å². The maximum absolute atomic E-state index is 11.2. The highest BCUT2D eigenvalue weighted by atomic mass is 32.2. The fraction of sp³-hybridized carbons (Fsp3) is 0.188. The molecular formula is C16H13N7O4S. The first kappa shape index (κ1) is 17.9. The Morgan fingerprint density at radius 1 is 1.14 bits per heavy atom. The van der Waals surface area contributed by atoms with Crippen molar-refractivity contribution in [2.45, 2.75) is 12.1 Å². The van der Waals surface area contributed by atoms with Crippen molar-refractivity contribution in [1.29, 1.82) is 0 Å². The molecule has 0 radical (unpaired) electrons. The van der Waals surface area contributed by atoms with Gasteiger partial charge in [0.05, 0.1) is 27.4 Å². The van der Waals surface area contributed by atoms with Crippen LogP contribution in [0.1, 0.15) is 11.1 Å². The van der Waals surface area contributed by atoms with Gasteiger partial charge in [-0.1, -0.05) is 23.9 Å². The van der Waals surface area contributed by atoms with Crippen molar-refractivity contribution >= 4 is 28.8 Å². The number of nitro benzene ring substituents is 1. The van der Waals surface area contributed by atoms with Gasteiger partial charge in [0.15, 0.2) is 0 Å². The average Bonchev–Trinajstić information content (AvgIpc) is 3.24. The number of aryl methyl sites for hydroxylation is 2. The van der Waals surface area contributed by atoms with E-state index in [-0.39, 0.29) is 11.4 Å². The fourth-order valence-corrected chi connectivity index (χ4v) is 3.72. The maximum atomic E-state index is 11.2. The first-order valence-electron chi connectivity index (χ1n) is 8.07. The molecule has 0 unspecified atom stereocenters. The van der Waals surface area contributed by atoms with Crippen LogP contribution in [0.3, 0.4) is 0 Å². The van der Waals surface area contributed by atoms with E-state index in [1.54, 1.807) is 30.7 Å². The van der Waals surface area contributed by atoms with Crippen molar-refractivity contribution in [3.63, 3.8) is 0 Å². The Kier molecular flexibility index (Phi) is 4.19. The van der Waals surface area contributed by atoms with Crippen LogP contribution in [0.25, 0.3) is 11.5 Å². The second-order valence-electron chi connectivity index (χ2n) is 6.16. The van der Waals surface area contributed by atoms with E-state index < -0.39 is 9.85 Å². The topological polar surface area (TPSA) is 134 Å². The van der Waals surface area contributed by atoms with Gasteiger partial charge in [-0.05, 0) is 6.92 Å². The molecule has 0 saturated carbocycles. The number of hydrogen-bond donors (Lipinski definition) is 0. The molecule has 142 valence electrons. The minimum Gasteiger partial charge on any atom is -0.342 e. The predicted molar refractivity (Wildman–Crippen MR) is 102 cm³/mol. The molecule has 0 spiro atoms. The van der Waals surface area contributed by atoms with E-state index in [4.69, 9.17) is 0 Å². The molecule has 3 heterocycles. The molecular weight excluding hydrogens is 386 g/mol. The number of fused-ring (bicyclic) bond motifs is 1. The molecule has 11 nitrogen and oxygen atoms in total. The minimum absolute atomic E-state index is 0.0260. The van der Waals surface area contributed by atoms with E-state index in [1.807, 2.05) is 0 Å². The Labute approximate surface area is 162 Å². The molecule has 0 fully saturated rings. The molecule has 1 aromatic carbocycles. The summed E-state index contributed by atoms with van der Waals surface area (Å²) in [4.78, 5) is 21.4. The first-order chi connectivity index (χ1) is 13.3. The van der Waals surface area contributed by atoms with Gasteiger partial charge in [-0.25, -0.2) is 0 Å². The molecule has 3 aromatic rings. The highest BCUT2D eigenvalue weighted by molar-refractivity contribution is 7.99. The number of hydrogen-bond acceptors (Lipinski definition) is 8. The third-order valence-corrected chi connectivity index (χ3v) is 5.27. The van der Waals surface area contributed by atoms with Crippen LogP contribution in [0.5, 0.6) is 0 Å². The summed E-state index contributed by atoms with van der Waals surface area (Å²) < 4.78 is 3.09. The van der Waals surface area contributed by atoms with Gasteiger partial charge in [0.25, 0.3) is 11.4 Å². The number of aromatic nitrogens is 4. The zero-order chi connectivity index (χ0) is 20.0. The number of benzene rings is 1. The van der Waals surface area contributed by atoms with Gasteiger partial charge in [0.1, 0.15) is 0 Å². The summed E-state index contributed by atoms with van der Waals surface area (Å²) in [6.07, 6.45) is 1.39. The number of nitro groups is 2. The van der Waals surface area contributed by atoms with E-state index in [1.165, 1.54) is 34.8 Å². The van der Waals surface area contributed by atoms with E-state index >= 15 is 0 Å². The van der Waals surface area contributed by atoms with Crippen LogP contribution in [0.2, 0.25) is 0 Å². The van der Waals surface area contributed by atoms with Gasteiger partial charge < -0.3 is 4.57 Å². The van der Waals surface area contributed by atoms with E-state index in [0.29, 0.717) is 39.3 Å². The monoisotopic (exact) mass is 399 g/mol. The highest BCUT2D eigenvalue weighted by Gasteiger charge is 2.25. The van der Waals surface area contributed by atoms with Crippen LogP contribution in [-0.2, 0) is 7.05 Å². The zero-order valence-electron chi connectivity index (χ0n) is 14.8. The maximum Gasteiger partial charge on any atom is 0.287 e. The Bertz CT molecular complexity index is 1160. The van der Waals surface area contributed by atoms with E-state index in [9.17, 15) is 20.2 Å². The lowest BCUT2D eigenvalue weighted by Gasteiger charge is -2.14. The average molecular weight is 399 g/mol. The standard InChI is InChI=1S/C16H13N7O4S/c1-9-3-4-10(5-13(9)23(26)27)12-8-28-16-18-17-15(21(16)19-12)14-6-11(22(24)25)7-20(14)2/h3-7H,8H2,1-2H3. The van der Waals surface area contributed by atoms with Crippen molar-refractivity contribution in [2.75, 3.05) is 5.75 Å². The fourth-order valence-electron chi connectivity index (χ4n) is 2.88. The van der Waals surface area contributed by atoms with Crippen LogP contribution in [0.15, 0.2) is 40.7 Å². The third-order valence-electron chi connectivity index (χ3n) is 4.34. The molecule has 4 rings (SSSR count). The molecule has 0 amide bonds. The summed E-state index contributed by atoms with van der Waals surface area (Å²) in [6.45, 7) is 1.68. The molecule has 1 aliphatic heterocycles. The summed E-state index contributed by atoms with van der Waals surface area (Å²) in [5.74, 6) is 0.836. The van der Waals surface area contributed by atoms with Gasteiger partial charge >= 0.3 is 0 Å². The Morgan fingerprint density at radius 3 is 2.61 bits per heavy atom. The summed E-state index contributed by atoms with van der Waals surface area (Å²) in [5.41, 5.74) is 2.29. The Morgan fingerprint density at radius 2 is 1.93 bits per heavy atom. The summed E-state index contributed by atoms with van der Waals surface area (Å²) >= 11 is 1.39. The number of nitrogens with zero attached hydrogens (tertiary/aromatic N) is 7. The minimum atomic E-state index is -0.480. The van der Waals surface area contributed by atoms with Crippen LogP contribution >= 0.6 is 11.8 Å². The molecule has 0 bridgehead atoms.